The maximum absolute atomic E-state index is 11.1. The van der Waals surface area contributed by atoms with Crippen molar-refractivity contribution in [1.29, 1.82) is 0 Å². The Morgan fingerprint density at radius 1 is 0.477 bits per heavy atom. The van der Waals surface area contributed by atoms with Crippen molar-refractivity contribution in [2.45, 2.75) is 155 Å². The summed E-state index contributed by atoms with van der Waals surface area (Å²) in [4.78, 5) is 40.2. The quantitative estimate of drug-likeness (QED) is 0.0406. The van der Waals surface area contributed by atoms with Gasteiger partial charge in [-0.25, -0.2) is 25.0 Å². The number of aliphatic hydroxyl groups is 7. The molecule has 0 spiro atoms. The largest absolute Gasteiger partial charge is 0.390 e. The van der Waals surface area contributed by atoms with Crippen LogP contribution in [0, 0.1) is 5.92 Å². The summed E-state index contributed by atoms with van der Waals surface area (Å²) in [6.45, 7) is 38.6. The number of carbonyl (C=O) groups excluding carboxylic acids is 1. The predicted molar refractivity (Wildman–Crippen MR) is 466 cm³/mol. The van der Waals surface area contributed by atoms with E-state index in [1.807, 2.05) is 24.1 Å². The fraction of sp³-hybridized carbons (Fsp3) is 0.560. The minimum atomic E-state index is -1.23. The maximum atomic E-state index is 11.1. The van der Waals surface area contributed by atoms with E-state index in [0.717, 1.165) is 62.1 Å². The molecule has 4 fully saturated rings. The summed E-state index contributed by atoms with van der Waals surface area (Å²) in [5.74, 6) is 4.09. The van der Waals surface area contributed by atoms with Gasteiger partial charge in [-0.3, -0.25) is 4.79 Å². The number of nitrogens with one attached hydrogen (secondary N) is 1. The number of amidine groups is 5. The molecule has 1 aliphatic carbocycles. The molecule has 0 aromatic heterocycles. The zero-order valence-corrected chi connectivity index (χ0v) is 72.0. The molecule has 610 valence electrons. The fourth-order valence-corrected chi connectivity index (χ4v) is 18.1. The molecule has 0 saturated carbocycles. The lowest BCUT2D eigenvalue weighted by atomic mass is 10.00. The van der Waals surface area contributed by atoms with Crippen LogP contribution >= 0.6 is 50.4 Å². The van der Waals surface area contributed by atoms with Crippen molar-refractivity contribution in [2.24, 2.45) is 53.8 Å². The first-order chi connectivity index (χ1) is 50.4. The molecule has 0 bridgehead atoms. The summed E-state index contributed by atoms with van der Waals surface area (Å²) in [5, 5.41) is 74.9. The van der Waals surface area contributed by atoms with Crippen LogP contribution in [0.4, 0.5) is 0 Å². The standard InChI is InChI=1S/C16H26N3O4P.C15H26N3O3P.C15H26N3O2P.C15H24N3O2P.C14H23BrN3O2P/c1-10-17-13(18-11(2)20)6-8-19(10)16-15(22)14(21)12(23-16)7-9-24(3,4)5;1-10-17-12(16)6-8-18(10)15-14(20-2)13(19)11(21-15)7-9-22(3,4)5;1-10-14(19)12(7-9-21(3,4)5)20-15(10)18-8-6-13(16)17-11(18)2;1-10-17-13(16)5-7-18(10)12-9-11(14(19)15(12)20)6-8-21(2,3)4;1-9-17-11(16)5-7-18(9)14-12(15)13(19)10(20-14)6-8-21(2,3)4/h6,8,12,14-16,21-22H,1,3,7,9H2,2,4-5H3,(H,17,18,20);6,8,11,13-15,19H,1,3,7,9H2,2,4-5H3,(H2,16,17);6,8,10,12,14-15,19H,2-3,7,9H2,1,4-5H3,(H2,16,17);5,7,9,12,14-15,19-20H,1-2,6,8H2,3-4H3,(H2,16,17);5,7,10,12-14,19H,1-2,6,8H2,3-4H3,(H2,16,17)/t12-,14-,15-,16-;11-,13-,14-,15-;10-,12-,14+,15-;12-,14-,15+;10-,12-,13-,14-/m11111/s1. The third-order valence-corrected chi connectivity index (χ3v) is 27.2. The van der Waals surface area contributed by atoms with E-state index in [1.54, 1.807) is 81.9 Å². The third-order valence-electron chi connectivity index (χ3n) is 18.9. The second kappa shape index (κ2) is 39.1. The van der Waals surface area contributed by atoms with E-state index in [4.69, 9.17) is 46.6 Å². The van der Waals surface area contributed by atoms with Crippen LogP contribution in [0.5, 0.6) is 0 Å². The number of amides is 1. The monoisotopic (exact) mass is 1680 g/mol. The number of methoxy groups -OCH3 is 1. The van der Waals surface area contributed by atoms with Crippen LogP contribution in [0.25, 0.3) is 0 Å². The van der Waals surface area contributed by atoms with E-state index in [0.29, 0.717) is 64.7 Å². The van der Waals surface area contributed by atoms with Crippen molar-refractivity contribution >= 4 is 117 Å². The van der Waals surface area contributed by atoms with E-state index < -0.39 is 102 Å². The molecule has 34 heteroatoms. The van der Waals surface area contributed by atoms with Gasteiger partial charge in [-0.1, -0.05) is 61.8 Å². The highest BCUT2D eigenvalue weighted by Gasteiger charge is 2.50. The predicted octanol–water partition coefficient (Wildman–Crippen LogP) is 5.04. The Hall–Kier alpha value is -5.34. The van der Waals surface area contributed by atoms with Gasteiger partial charge in [-0.05, 0) is 166 Å². The van der Waals surface area contributed by atoms with Gasteiger partial charge in [0, 0.05) is 51.0 Å². The Bertz CT molecular complexity index is 3840. The van der Waals surface area contributed by atoms with Crippen molar-refractivity contribution in [3.05, 3.63) is 135 Å². The van der Waals surface area contributed by atoms with Gasteiger partial charge in [0.05, 0.1) is 47.5 Å². The molecule has 10 rings (SSSR count). The van der Waals surface area contributed by atoms with Crippen molar-refractivity contribution < 1.29 is 64.2 Å². The Balaban J connectivity index is 0.000000213. The Morgan fingerprint density at radius 3 is 1.22 bits per heavy atom. The van der Waals surface area contributed by atoms with E-state index in [1.165, 1.54) is 6.92 Å². The van der Waals surface area contributed by atoms with Crippen LogP contribution in [0.1, 0.15) is 46.0 Å². The molecule has 9 aliphatic heterocycles. The topological polar surface area (TPSA) is 399 Å². The molecule has 16 N–H and O–H groups in total. The van der Waals surface area contributed by atoms with Crippen LogP contribution in [0.2, 0.25) is 0 Å². The van der Waals surface area contributed by atoms with Crippen molar-refractivity contribution in [2.75, 3.05) is 105 Å². The van der Waals surface area contributed by atoms with Gasteiger partial charge >= 0.3 is 0 Å². The first-order valence-electron chi connectivity index (χ1n) is 36.0. The number of alkyl halides is 1. The summed E-state index contributed by atoms with van der Waals surface area (Å²) in [7, 11) is 1.57. The van der Waals surface area contributed by atoms with E-state index in [2.05, 4.69) is 177 Å². The van der Waals surface area contributed by atoms with Gasteiger partial charge in [0.15, 0.2) is 18.7 Å². The molecule has 9 heterocycles. The lowest BCUT2D eigenvalue weighted by Crippen LogP contribution is -2.43. The summed E-state index contributed by atoms with van der Waals surface area (Å²) in [6, 6.07) is -0.359. The zero-order valence-electron chi connectivity index (χ0n) is 65.9. The number of aliphatic hydroxyl groups excluding tert-OH is 7. The summed E-state index contributed by atoms with van der Waals surface area (Å²) < 4.78 is 29.4. The summed E-state index contributed by atoms with van der Waals surface area (Å²) in [6.07, 6.45) is 39.6. The molecule has 10 aliphatic rings. The number of aliphatic imine (C=N–C) groups is 5. The van der Waals surface area contributed by atoms with Crippen molar-refractivity contribution in [3.8, 4) is 0 Å². The zero-order chi connectivity index (χ0) is 81.9. The van der Waals surface area contributed by atoms with Gasteiger partial charge in [0.2, 0.25) is 5.91 Å². The van der Waals surface area contributed by atoms with Gasteiger partial charge in [-0.15, -0.1) is 65.9 Å². The van der Waals surface area contributed by atoms with E-state index in [-0.39, 0.29) is 53.5 Å². The third kappa shape index (κ3) is 27.2. The number of hydrogen-bond acceptors (Lipinski definition) is 27. The lowest BCUT2D eigenvalue weighted by Gasteiger charge is -2.31. The highest BCUT2D eigenvalue weighted by atomic mass is 79.9. The highest BCUT2D eigenvalue weighted by molar-refractivity contribution is 9.09. The molecular formula is C75H125BrN15O13P5. The molecule has 0 radical (unpaired) electrons. The molecule has 4 saturated heterocycles. The molecule has 28 nitrogen and oxygen atoms in total. The van der Waals surface area contributed by atoms with Crippen molar-refractivity contribution in [1.82, 2.24) is 29.8 Å². The highest BCUT2D eigenvalue weighted by Crippen LogP contribution is 2.45. The fourth-order valence-electron chi connectivity index (χ4n) is 12.8. The first-order valence-corrected chi connectivity index (χ1v) is 52.2. The first kappa shape index (κ1) is 92.5. The number of rotatable bonds is 21. The summed E-state index contributed by atoms with van der Waals surface area (Å²) in [5.41, 5.74) is 23.4. The number of carbonyl (C=O) groups is 1. The Kier molecular flexibility index (Phi) is 33.2. The van der Waals surface area contributed by atoms with E-state index >= 15 is 0 Å². The molecule has 0 aromatic rings. The smallest absolute Gasteiger partial charge is 0.222 e. The molecule has 0 unspecified atom stereocenters. The molecule has 19 atom stereocenters. The molecule has 1 amide bonds. The molecule has 109 heavy (non-hydrogen) atoms. The second-order valence-corrected chi connectivity index (χ2v) is 54.8. The van der Waals surface area contributed by atoms with Crippen LogP contribution in [0.15, 0.2) is 160 Å². The SMILES string of the molecule is C=C1N=C(N)C=CN1[C@@H]1C=C(CCP(=C)(C)C)[C@@H](O)[C@H]1O.C=C1N=C(N)C=CN1[C@@H]1O[C@H](CCP(=C)(C)C)[C@@H](O)[C@H]1Br.C=C1N=C(N)C=CN1[C@@H]1O[C@H](CCP(=C)(C)C)[C@@H](O)[C@H]1C.C=C1N=C(N)C=CN1[C@@H]1O[C@H](CCP(=C)(C)C)[C@@H](O)[C@H]1OC.C=C1N=C(NC(C)=O)C=CN1[C@@H]1O[C@H](CCP(=C)(C)C)[C@@H](O)[C@H]1O. The summed E-state index contributed by atoms with van der Waals surface area (Å²) >= 11 is 3.53. The molecule has 0 aromatic carbocycles. The van der Waals surface area contributed by atoms with Crippen LogP contribution in [-0.4, -0.2) is 340 Å². The van der Waals surface area contributed by atoms with Gasteiger partial charge < -0.3 is 112 Å². The average molecular weight is 1680 g/mol. The van der Waals surface area contributed by atoms with Crippen molar-refractivity contribution in [3.63, 3.8) is 0 Å². The van der Waals surface area contributed by atoms with Crippen LogP contribution in [0.3, 0.4) is 0 Å². The normalized spacial score (nSPS) is 31.8. The average Bonchev–Trinajstić information content (AvgIpc) is 1.70. The number of halogens is 1. The maximum Gasteiger partial charge on any atom is 0.222 e. The van der Waals surface area contributed by atoms with Gasteiger partial charge in [-0.2, -0.15) is 0 Å². The Morgan fingerprint density at radius 2 is 0.817 bits per heavy atom. The minimum absolute atomic E-state index is 0.0165. The minimum Gasteiger partial charge on any atom is -0.390 e. The number of ether oxygens (including phenoxy) is 5. The molecular weight excluding hydrogens is 1550 g/mol. The van der Waals surface area contributed by atoms with Crippen LogP contribution in [-0.2, 0) is 28.5 Å². The van der Waals surface area contributed by atoms with E-state index in [9.17, 15) is 40.5 Å². The second-order valence-electron chi connectivity index (χ2n) is 32.1. The van der Waals surface area contributed by atoms with Gasteiger partial charge in [0.1, 0.15) is 101 Å². The van der Waals surface area contributed by atoms with Crippen LogP contribution < -0.4 is 28.3 Å². The number of nitrogens with two attached hydrogens (primary N) is 4. The van der Waals surface area contributed by atoms with Gasteiger partial charge in [0.25, 0.3) is 0 Å². The number of nitrogens with zero attached hydrogens (tertiary/aromatic N) is 10. The lowest BCUT2D eigenvalue weighted by molar-refractivity contribution is -0.117. The Labute approximate surface area is 655 Å². The number of hydrogen-bond donors (Lipinski definition) is 12.